The van der Waals surface area contributed by atoms with Crippen LogP contribution >= 0.6 is 7.82 Å². The maximum atomic E-state index is 12.7. The molecule has 10 nitrogen and oxygen atoms in total. The van der Waals surface area contributed by atoms with Gasteiger partial charge >= 0.3 is 19.8 Å². The van der Waals surface area contributed by atoms with Gasteiger partial charge in [-0.2, -0.15) is 0 Å². The minimum atomic E-state index is -4.41. The normalized spacial score (nSPS) is 14.9. The standard InChI is InChI=1S/C48H82NO9P/c1-6-8-10-11-12-13-14-15-16-19-22-25-28-31-35-39-47(51)55-43-46(44-57-59(53,54)56-42-41-49(3,4)5)58-48(52)40-36-32-29-26-23-20-17-18-21-24-27-30-34-38-45(50)37-33-9-7-2/h9,15-16,18,20-21,23,27,29-30,32-34,38,45-46,50H,6-8,10-14,17,19,22,24-26,28,31,35-37,39-44H2,1-5H3/p+1/b16-15-,21-18-,23-20-,30-27+,32-29-,33-9-,38-34+/t45?,46-/m1/s1. The highest BCUT2D eigenvalue weighted by atomic mass is 31.2. The highest BCUT2D eigenvalue weighted by Gasteiger charge is 2.27. The van der Waals surface area contributed by atoms with Crippen LogP contribution in [0, 0.1) is 0 Å². The second-order valence-corrected chi connectivity index (χ2v) is 17.3. The molecule has 0 aromatic carbocycles. The molecular weight excluding hydrogens is 766 g/mol. The summed E-state index contributed by atoms with van der Waals surface area (Å²) in [6, 6.07) is 0. The Morgan fingerprint density at radius 2 is 1.20 bits per heavy atom. The Bertz CT molecular complexity index is 1300. The van der Waals surface area contributed by atoms with Crippen LogP contribution < -0.4 is 0 Å². The topological polar surface area (TPSA) is 129 Å². The minimum Gasteiger partial charge on any atom is -0.462 e. The van der Waals surface area contributed by atoms with E-state index in [0.717, 1.165) is 57.8 Å². The first-order valence-electron chi connectivity index (χ1n) is 22.4. The average molecular weight is 849 g/mol. The van der Waals surface area contributed by atoms with Crippen molar-refractivity contribution >= 4 is 19.8 Å². The Labute approximate surface area is 359 Å². The molecule has 11 heteroatoms. The molecule has 0 bridgehead atoms. The first-order chi connectivity index (χ1) is 28.4. The van der Waals surface area contributed by atoms with Gasteiger partial charge in [0, 0.05) is 12.8 Å². The molecule has 0 aliphatic rings. The van der Waals surface area contributed by atoms with Crippen LogP contribution in [0.15, 0.2) is 85.1 Å². The summed E-state index contributed by atoms with van der Waals surface area (Å²) in [4.78, 5) is 35.3. The summed E-state index contributed by atoms with van der Waals surface area (Å²) in [5, 5.41) is 9.85. The van der Waals surface area contributed by atoms with Crippen molar-refractivity contribution in [2.45, 2.75) is 161 Å². The van der Waals surface area contributed by atoms with E-state index in [2.05, 4.69) is 50.3 Å². The largest absolute Gasteiger partial charge is 0.472 e. The molecule has 0 amide bonds. The number of aliphatic hydroxyl groups excluding tert-OH is 1. The number of aliphatic hydroxyl groups is 1. The number of phosphoric ester groups is 1. The lowest BCUT2D eigenvalue weighted by Crippen LogP contribution is -2.37. The molecule has 0 aromatic rings. The molecule has 0 aliphatic carbocycles. The van der Waals surface area contributed by atoms with Gasteiger partial charge in [-0.1, -0.05) is 150 Å². The van der Waals surface area contributed by atoms with Crippen LogP contribution in [0.1, 0.15) is 149 Å². The minimum absolute atomic E-state index is 0.00545. The van der Waals surface area contributed by atoms with Crippen molar-refractivity contribution in [3.8, 4) is 0 Å². The second-order valence-electron chi connectivity index (χ2n) is 15.9. The Morgan fingerprint density at radius 1 is 0.627 bits per heavy atom. The van der Waals surface area contributed by atoms with E-state index in [9.17, 15) is 24.2 Å². The SMILES string of the molecule is CC/C=C\CC(O)/C=C/C=C/C/C=C\C/C=C\C/C=C\CCC(=O)O[C@H](COC(=O)CCCCCCC/C=C\CCCCCCCC)COP(=O)(O)OCC[N+](C)(C)C. The van der Waals surface area contributed by atoms with E-state index < -0.39 is 38.6 Å². The third-order valence-electron chi connectivity index (χ3n) is 9.00. The number of hydrogen-bond donors (Lipinski definition) is 2. The van der Waals surface area contributed by atoms with Crippen LogP contribution in [0.2, 0.25) is 0 Å². The van der Waals surface area contributed by atoms with Crippen molar-refractivity contribution in [3.05, 3.63) is 85.1 Å². The molecule has 0 saturated carbocycles. The summed E-state index contributed by atoms with van der Waals surface area (Å²) in [7, 11) is 1.39. The molecule has 0 rings (SSSR count). The predicted molar refractivity (Wildman–Crippen MR) is 244 cm³/mol. The Kier molecular flexibility index (Phi) is 37.4. The molecule has 0 fully saturated rings. The molecule has 3 atom stereocenters. The van der Waals surface area contributed by atoms with Crippen LogP contribution in [-0.2, 0) is 32.7 Å². The zero-order chi connectivity index (χ0) is 43.7. The summed E-state index contributed by atoms with van der Waals surface area (Å²) in [5.41, 5.74) is 0. The lowest BCUT2D eigenvalue weighted by molar-refractivity contribution is -0.870. The van der Waals surface area contributed by atoms with Gasteiger partial charge in [-0.25, -0.2) is 4.57 Å². The number of carbonyl (C=O) groups excluding carboxylic acids is 2. The number of esters is 2. The van der Waals surface area contributed by atoms with Crippen molar-refractivity contribution in [3.63, 3.8) is 0 Å². The maximum Gasteiger partial charge on any atom is 0.472 e. The summed E-state index contributed by atoms with van der Waals surface area (Å²) < 4.78 is 34.2. The monoisotopic (exact) mass is 849 g/mol. The van der Waals surface area contributed by atoms with Crippen LogP contribution in [-0.4, -0.2) is 86.1 Å². The van der Waals surface area contributed by atoms with Crippen molar-refractivity contribution in [2.24, 2.45) is 0 Å². The average Bonchev–Trinajstić information content (AvgIpc) is 3.18. The highest BCUT2D eigenvalue weighted by molar-refractivity contribution is 7.47. The summed E-state index contributed by atoms with van der Waals surface area (Å²) >= 11 is 0. The number of quaternary nitrogens is 1. The summed E-state index contributed by atoms with van der Waals surface area (Å²) in [6.07, 6.45) is 46.9. The van der Waals surface area contributed by atoms with Crippen molar-refractivity contribution in [1.82, 2.24) is 0 Å². The fourth-order valence-electron chi connectivity index (χ4n) is 5.47. The lowest BCUT2D eigenvalue weighted by Gasteiger charge is -2.24. The van der Waals surface area contributed by atoms with Crippen LogP contribution in [0.4, 0.5) is 0 Å². The van der Waals surface area contributed by atoms with Crippen molar-refractivity contribution < 1.29 is 47.2 Å². The fraction of sp³-hybridized carbons (Fsp3) is 0.667. The van der Waals surface area contributed by atoms with E-state index in [0.29, 0.717) is 30.3 Å². The number of ether oxygens (including phenoxy) is 2. The number of nitrogens with zero attached hydrogens (tertiary/aromatic N) is 1. The van der Waals surface area contributed by atoms with E-state index in [4.69, 9.17) is 18.5 Å². The van der Waals surface area contributed by atoms with Crippen LogP contribution in [0.5, 0.6) is 0 Å². The molecule has 0 saturated heterocycles. The zero-order valence-electron chi connectivity index (χ0n) is 37.6. The van der Waals surface area contributed by atoms with E-state index >= 15 is 0 Å². The number of phosphoric acid groups is 1. The van der Waals surface area contributed by atoms with Gasteiger partial charge in [0.05, 0.1) is 33.9 Å². The second kappa shape index (κ2) is 39.3. The molecule has 0 heterocycles. The van der Waals surface area contributed by atoms with Gasteiger partial charge in [0.25, 0.3) is 0 Å². The van der Waals surface area contributed by atoms with Gasteiger partial charge in [0.1, 0.15) is 19.8 Å². The molecule has 338 valence electrons. The number of hydrogen-bond acceptors (Lipinski definition) is 8. The van der Waals surface area contributed by atoms with Gasteiger partial charge in [0.2, 0.25) is 0 Å². The number of rotatable bonds is 39. The van der Waals surface area contributed by atoms with Crippen molar-refractivity contribution in [1.29, 1.82) is 0 Å². The van der Waals surface area contributed by atoms with E-state index in [1.807, 2.05) is 63.7 Å². The third kappa shape index (κ3) is 43.1. The van der Waals surface area contributed by atoms with Gasteiger partial charge in [0.15, 0.2) is 6.10 Å². The lowest BCUT2D eigenvalue weighted by atomic mass is 10.1. The fourth-order valence-corrected chi connectivity index (χ4v) is 6.21. The number of unbranched alkanes of at least 4 members (excludes halogenated alkanes) is 11. The smallest absolute Gasteiger partial charge is 0.462 e. The van der Waals surface area contributed by atoms with E-state index in [1.54, 1.807) is 6.08 Å². The van der Waals surface area contributed by atoms with Crippen LogP contribution in [0.3, 0.4) is 0 Å². The molecule has 0 aromatic heterocycles. The Hall–Kier alpha value is -2.85. The van der Waals surface area contributed by atoms with Crippen molar-refractivity contribution in [2.75, 3.05) is 47.5 Å². The molecular formula is C48H83NO9P+. The van der Waals surface area contributed by atoms with Gasteiger partial charge in [-0.3, -0.25) is 18.6 Å². The van der Waals surface area contributed by atoms with Gasteiger partial charge in [-0.05, 0) is 70.6 Å². The first kappa shape index (κ1) is 56.1. The van der Waals surface area contributed by atoms with E-state index in [1.165, 1.54) is 44.9 Å². The van der Waals surface area contributed by atoms with Gasteiger partial charge in [-0.15, -0.1) is 0 Å². The Morgan fingerprint density at radius 3 is 1.83 bits per heavy atom. The predicted octanol–water partition coefficient (Wildman–Crippen LogP) is 11.8. The maximum absolute atomic E-state index is 12.7. The molecule has 0 aliphatic heterocycles. The van der Waals surface area contributed by atoms with Crippen LogP contribution in [0.25, 0.3) is 0 Å². The van der Waals surface area contributed by atoms with Gasteiger partial charge < -0.3 is 24.0 Å². The molecule has 0 radical (unpaired) electrons. The zero-order valence-corrected chi connectivity index (χ0v) is 38.5. The summed E-state index contributed by atoms with van der Waals surface area (Å²) in [5.74, 6) is -0.935. The summed E-state index contributed by atoms with van der Waals surface area (Å²) in [6.45, 7) is 4.08. The molecule has 0 spiro atoms. The molecule has 2 N–H and O–H groups in total. The highest BCUT2D eigenvalue weighted by Crippen LogP contribution is 2.43. The number of allylic oxidation sites excluding steroid dienone is 12. The molecule has 2 unspecified atom stereocenters. The third-order valence-corrected chi connectivity index (χ3v) is 9.99. The van der Waals surface area contributed by atoms with E-state index in [-0.39, 0.29) is 26.1 Å². The quantitative estimate of drug-likeness (QED) is 0.0155. The Balaban J connectivity index is 4.55. The number of carbonyl (C=O) groups is 2. The molecule has 59 heavy (non-hydrogen) atoms. The first-order valence-corrected chi connectivity index (χ1v) is 23.9. The number of likely N-dealkylation sites (N-methyl/N-ethyl adjacent to an activating group) is 1.